The number of sulfonamides is 1. The summed E-state index contributed by atoms with van der Waals surface area (Å²) in [6, 6.07) is 8.87. The van der Waals surface area contributed by atoms with Gasteiger partial charge >= 0.3 is 6.03 Å². The Morgan fingerprint density at radius 2 is 1.96 bits per heavy atom. The number of urea groups is 1. The second-order valence-corrected chi connectivity index (χ2v) is 7.61. The number of anilines is 1. The molecule has 0 atom stereocenters. The summed E-state index contributed by atoms with van der Waals surface area (Å²) in [5, 5.41) is 2.48. The van der Waals surface area contributed by atoms with Crippen LogP contribution in [0, 0.1) is 5.82 Å². The topological polar surface area (TPSA) is 95.6 Å². The number of hydrogen-bond acceptors (Lipinski definition) is 4. The summed E-state index contributed by atoms with van der Waals surface area (Å²) < 4.78 is 40.9. The number of benzene rings is 2. The van der Waals surface area contributed by atoms with Crippen molar-refractivity contribution < 1.29 is 22.4 Å². The van der Waals surface area contributed by atoms with Crippen LogP contribution >= 0.6 is 11.6 Å². The monoisotopic (exact) mass is 397 g/mol. The number of hydrogen-bond donors (Lipinski definition) is 2. The molecule has 0 aromatic heterocycles. The molecule has 3 amide bonds. The first-order chi connectivity index (χ1) is 12.3. The number of carbonyl (C=O) groups excluding carboxylic acids is 2. The fraction of sp³-hybridized carbons (Fsp3) is 0.125. The van der Waals surface area contributed by atoms with E-state index in [9.17, 15) is 22.4 Å². The van der Waals surface area contributed by atoms with E-state index in [1.807, 2.05) is 0 Å². The molecule has 136 valence electrons. The van der Waals surface area contributed by atoms with Gasteiger partial charge in [-0.3, -0.25) is 14.4 Å². The molecule has 10 heteroatoms. The molecule has 0 unspecified atom stereocenters. The molecule has 2 aromatic carbocycles. The van der Waals surface area contributed by atoms with Gasteiger partial charge in [0.05, 0.1) is 13.1 Å². The van der Waals surface area contributed by atoms with Gasteiger partial charge in [0, 0.05) is 10.7 Å². The number of carbonyl (C=O) groups is 2. The van der Waals surface area contributed by atoms with Crippen LogP contribution in [0.2, 0.25) is 5.02 Å². The number of nitrogens with zero attached hydrogens (tertiary/aromatic N) is 1. The third kappa shape index (κ3) is 3.78. The highest BCUT2D eigenvalue weighted by Gasteiger charge is 2.28. The molecule has 1 heterocycles. The molecule has 2 N–H and O–H groups in total. The predicted molar refractivity (Wildman–Crippen MR) is 92.6 cm³/mol. The molecule has 3 rings (SSSR count). The maximum absolute atomic E-state index is 13.9. The van der Waals surface area contributed by atoms with Crippen LogP contribution in [0.25, 0.3) is 0 Å². The molecule has 0 aliphatic carbocycles. The lowest BCUT2D eigenvalue weighted by Crippen LogP contribution is -2.30. The largest absolute Gasteiger partial charge is 0.329 e. The first-order valence-electron chi connectivity index (χ1n) is 7.41. The number of rotatable bonds is 5. The number of amides is 3. The van der Waals surface area contributed by atoms with Crippen molar-refractivity contribution in [3.63, 3.8) is 0 Å². The van der Waals surface area contributed by atoms with Crippen molar-refractivity contribution in [1.82, 2.24) is 10.2 Å². The van der Waals surface area contributed by atoms with Crippen LogP contribution in [0.4, 0.5) is 14.9 Å². The van der Waals surface area contributed by atoms with E-state index in [1.165, 1.54) is 18.2 Å². The summed E-state index contributed by atoms with van der Waals surface area (Å²) in [6.07, 6.45) is 0. The summed E-state index contributed by atoms with van der Waals surface area (Å²) in [5.41, 5.74) is 0.705. The molecule has 2 aromatic rings. The quantitative estimate of drug-likeness (QED) is 0.757. The van der Waals surface area contributed by atoms with E-state index >= 15 is 0 Å². The SMILES string of the molecule is O=C1CNC(=O)N1Cc1cccc(NS(=O)(=O)c2ccc(Cl)cc2F)c1. The molecule has 1 fully saturated rings. The van der Waals surface area contributed by atoms with E-state index < -0.39 is 26.8 Å². The highest BCUT2D eigenvalue weighted by molar-refractivity contribution is 7.92. The van der Waals surface area contributed by atoms with E-state index in [4.69, 9.17) is 11.6 Å². The Bertz CT molecular complexity index is 981. The van der Waals surface area contributed by atoms with Crippen molar-refractivity contribution in [3.05, 3.63) is 58.9 Å². The van der Waals surface area contributed by atoms with Gasteiger partial charge < -0.3 is 5.32 Å². The van der Waals surface area contributed by atoms with Gasteiger partial charge in [-0.2, -0.15) is 0 Å². The summed E-state index contributed by atoms with van der Waals surface area (Å²) in [5.74, 6) is -1.34. The van der Waals surface area contributed by atoms with Gasteiger partial charge in [-0.15, -0.1) is 0 Å². The molecule has 0 spiro atoms. The Hall–Kier alpha value is -2.65. The Morgan fingerprint density at radius 3 is 2.62 bits per heavy atom. The Labute approximate surface area is 153 Å². The second kappa shape index (κ2) is 6.93. The van der Waals surface area contributed by atoms with Gasteiger partial charge in [-0.1, -0.05) is 23.7 Å². The Morgan fingerprint density at radius 1 is 1.19 bits per heavy atom. The van der Waals surface area contributed by atoms with Gasteiger partial charge in [0.25, 0.3) is 10.0 Å². The number of halogens is 2. The fourth-order valence-corrected chi connectivity index (χ4v) is 3.70. The molecular formula is C16H13ClFN3O4S. The van der Waals surface area contributed by atoms with Gasteiger partial charge in [0.2, 0.25) is 5.91 Å². The number of imide groups is 1. The molecule has 1 saturated heterocycles. The highest BCUT2D eigenvalue weighted by Crippen LogP contribution is 2.22. The zero-order valence-corrected chi connectivity index (χ0v) is 14.8. The fourth-order valence-electron chi connectivity index (χ4n) is 2.43. The minimum absolute atomic E-state index is 0.00442. The Balaban J connectivity index is 1.82. The van der Waals surface area contributed by atoms with Crippen LogP contribution in [0.5, 0.6) is 0 Å². The van der Waals surface area contributed by atoms with Gasteiger partial charge in [0.1, 0.15) is 10.7 Å². The summed E-state index contributed by atoms with van der Waals surface area (Å²) in [6.45, 7) is -0.0729. The lowest BCUT2D eigenvalue weighted by molar-refractivity contribution is -0.125. The van der Waals surface area contributed by atoms with Crippen molar-refractivity contribution >= 4 is 39.2 Å². The molecule has 0 radical (unpaired) electrons. The van der Waals surface area contributed by atoms with E-state index in [-0.39, 0.29) is 29.7 Å². The van der Waals surface area contributed by atoms with Crippen LogP contribution in [-0.2, 0) is 21.4 Å². The van der Waals surface area contributed by atoms with Crippen molar-refractivity contribution in [2.45, 2.75) is 11.4 Å². The number of nitrogens with one attached hydrogen (secondary N) is 2. The molecule has 1 aliphatic rings. The third-order valence-electron chi connectivity index (χ3n) is 3.64. The molecule has 0 saturated carbocycles. The van der Waals surface area contributed by atoms with Crippen molar-refractivity contribution in [2.24, 2.45) is 0 Å². The van der Waals surface area contributed by atoms with Crippen LogP contribution in [0.1, 0.15) is 5.56 Å². The smallest absolute Gasteiger partial charge is 0.324 e. The van der Waals surface area contributed by atoms with Crippen LogP contribution in [0.3, 0.4) is 0 Å². The van der Waals surface area contributed by atoms with E-state index in [0.29, 0.717) is 5.56 Å². The summed E-state index contributed by atoms with van der Waals surface area (Å²) >= 11 is 5.63. The normalized spacial score (nSPS) is 14.5. The van der Waals surface area contributed by atoms with Crippen LogP contribution in [0.15, 0.2) is 47.4 Å². The zero-order chi connectivity index (χ0) is 18.9. The lowest BCUT2D eigenvalue weighted by atomic mass is 10.2. The average Bonchev–Trinajstić information content (AvgIpc) is 2.86. The molecule has 7 nitrogen and oxygen atoms in total. The van der Waals surface area contributed by atoms with Crippen LogP contribution < -0.4 is 10.0 Å². The average molecular weight is 398 g/mol. The first-order valence-corrected chi connectivity index (χ1v) is 9.27. The highest BCUT2D eigenvalue weighted by atomic mass is 35.5. The molecular weight excluding hydrogens is 385 g/mol. The van der Waals surface area contributed by atoms with Crippen molar-refractivity contribution in [3.8, 4) is 0 Å². The van der Waals surface area contributed by atoms with E-state index in [2.05, 4.69) is 10.0 Å². The Kier molecular flexibility index (Phi) is 4.84. The zero-order valence-electron chi connectivity index (χ0n) is 13.2. The first kappa shape index (κ1) is 18.2. The molecule has 26 heavy (non-hydrogen) atoms. The van der Waals surface area contributed by atoms with Crippen molar-refractivity contribution in [2.75, 3.05) is 11.3 Å². The van der Waals surface area contributed by atoms with Crippen LogP contribution in [-0.4, -0.2) is 31.8 Å². The van der Waals surface area contributed by atoms with E-state index in [0.717, 1.165) is 17.0 Å². The van der Waals surface area contributed by atoms with Gasteiger partial charge in [0.15, 0.2) is 0 Å². The molecule has 1 aliphatic heterocycles. The summed E-state index contributed by atoms with van der Waals surface area (Å²) in [4.78, 5) is 23.7. The minimum atomic E-state index is -4.17. The summed E-state index contributed by atoms with van der Waals surface area (Å²) in [7, 11) is -4.17. The van der Waals surface area contributed by atoms with Crippen molar-refractivity contribution in [1.29, 1.82) is 0 Å². The van der Waals surface area contributed by atoms with E-state index in [1.54, 1.807) is 12.1 Å². The van der Waals surface area contributed by atoms with Gasteiger partial charge in [-0.05, 0) is 35.9 Å². The molecule has 0 bridgehead atoms. The maximum Gasteiger partial charge on any atom is 0.324 e. The lowest BCUT2D eigenvalue weighted by Gasteiger charge is -2.14. The predicted octanol–water partition coefficient (Wildman–Crippen LogP) is 2.33. The third-order valence-corrected chi connectivity index (χ3v) is 5.29. The standard InChI is InChI=1S/C16H13ClFN3O4S/c17-11-4-5-14(13(18)7-11)26(24,25)20-12-3-1-2-10(6-12)9-21-15(22)8-19-16(21)23/h1-7,20H,8-9H2,(H,19,23). The maximum atomic E-state index is 13.9. The second-order valence-electron chi connectivity index (χ2n) is 5.52. The minimum Gasteiger partial charge on any atom is -0.329 e. The van der Waals surface area contributed by atoms with Gasteiger partial charge in [-0.25, -0.2) is 17.6 Å².